The minimum atomic E-state index is -3.89. The van der Waals surface area contributed by atoms with Crippen LogP contribution in [0.25, 0.3) is 0 Å². The first-order chi connectivity index (χ1) is 15.1. The van der Waals surface area contributed by atoms with Gasteiger partial charge in [-0.2, -0.15) is 4.31 Å². The van der Waals surface area contributed by atoms with Crippen molar-refractivity contribution in [2.24, 2.45) is 0 Å². The van der Waals surface area contributed by atoms with Crippen LogP contribution in [0.5, 0.6) is 0 Å². The Hall–Kier alpha value is -3.24. The summed E-state index contributed by atoms with van der Waals surface area (Å²) in [5, 5.41) is 5.28. The summed E-state index contributed by atoms with van der Waals surface area (Å²) < 4.78 is 26.5. The third-order valence-corrected chi connectivity index (χ3v) is 6.82. The van der Waals surface area contributed by atoms with Crippen molar-refractivity contribution in [2.45, 2.75) is 31.2 Å². The molecular weight excluding hydrogens is 432 g/mol. The van der Waals surface area contributed by atoms with Crippen LogP contribution < -0.4 is 10.6 Å². The predicted molar refractivity (Wildman–Crippen MR) is 120 cm³/mol. The number of rotatable bonds is 8. The SMILES string of the molecule is CC(=O)Nc1ccc(S(=O)(=O)N(C)CC(=O)Nc2cccc(CN3CCCC3=O)c2)cc1. The largest absolute Gasteiger partial charge is 0.338 e. The molecule has 0 saturated carbocycles. The Morgan fingerprint density at radius 2 is 1.78 bits per heavy atom. The highest BCUT2D eigenvalue weighted by Crippen LogP contribution is 2.19. The lowest BCUT2D eigenvalue weighted by molar-refractivity contribution is -0.128. The Labute approximate surface area is 187 Å². The average Bonchev–Trinajstić information content (AvgIpc) is 3.12. The molecule has 10 heteroatoms. The number of likely N-dealkylation sites (tertiary alicyclic amines) is 1. The summed E-state index contributed by atoms with van der Waals surface area (Å²) in [7, 11) is -2.56. The van der Waals surface area contributed by atoms with Gasteiger partial charge in [0.1, 0.15) is 0 Å². The Bertz CT molecular complexity index is 1120. The Kier molecular flexibility index (Phi) is 7.26. The zero-order valence-corrected chi connectivity index (χ0v) is 18.8. The van der Waals surface area contributed by atoms with Gasteiger partial charge in [0.15, 0.2) is 0 Å². The number of benzene rings is 2. The van der Waals surface area contributed by atoms with Crippen molar-refractivity contribution < 1.29 is 22.8 Å². The first-order valence-corrected chi connectivity index (χ1v) is 11.6. The second kappa shape index (κ2) is 9.92. The van der Waals surface area contributed by atoms with E-state index in [0.29, 0.717) is 24.3 Å². The molecule has 2 aromatic rings. The third-order valence-electron chi connectivity index (χ3n) is 5.00. The monoisotopic (exact) mass is 458 g/mol. The maximum absolute atomic E-state index is 12.8. The molecule has 1 aliphatic heterocycles. The van der Waals surface area contributed by atoms with E-state index < -0.39 is 15.9 Å². The van der Waals surface area contributed by atoms with E-state index >= 15 is 0 Å². The maximum atomic E-state index is 12.8. The highest BCUT2D eigenvalue weighted by Gasteiger charge is 2.23. The number of carbonyl (C=O) groups excluding carboxylic acids is 3. The average molecular weight is 459 g/mol. The van der Waals surface area contributed by atoms with Gasteiger partial charge in [-0.3, -0.25) is 14.4 Å². The van der Waals surface area contributed by atoms with Crippen molar-refractivity contribution in [2.75, 3.05) is 30.8 Å². The summed E-state index contributed by atoms with van der Waals surface area (Å²) in [5.41, 5.74) is 1.90. The number of likely N-dealkylation sites (N-methyl/N-ethyl adjacent to an activating group) is 1. The smallest absolute Gasteiger partial charge is 0.243 e. The Balaban J connectivity index is 1.61. The molecule has 32 heavy (non-hydrogen) atoms. The lowest BCUT2D eigenvalue weighted by Crippen LogP contribution is -2.35. The van der Waals surface area contributed by atoms with Gasteiger partial charge < -0.3 is 15.5 Å². The van der Waals surface area contributed by atoms with Crippen LogP contribution in [0.1, 0.15) is 25.3 Å². The van der Waals surface area contributed by atoms with Crippen LogP contribution in [0.4, 0.5) is 11.4 Å². The van der Waals surface area contributed by atoms with Crippen molar-refractivity contribution in [3.63, 3.8) is 0 Å². The molecule has 2 N–H and O–H groups in total. The van der Waals surface area contributed by atoms with Crippen molar-refractivity contribution in [1.82, 2.24) is 9.21 Å². The fourth-order valence-electron chi connectivity index (χ4n) is 3.42. The van der Waals surface area contributed by atoms with Gasteiger partial charge in [0.05, 0.1) is 11.4 Å². The quantitative estimate of drug-likeness (QED) is 0.628. The zero-order chi connectivity index (χ0) is 23.3. The molecular formula is C22H26N4O5S. The van der Waals surface area contributed by atoms with Gasteiger partial charge >= 0.3 is 0 Å². The molecule has 9 nitrogen and oxygen atoms in total. The first-order valence-electron chi connectivity index (χ1n) is 10.2. The van der Waals surface area contributed by atoms with Gasteiger partial charge in [-0.05, 0) is 48.4 Å². The van der Waals surface area contributed by atoms with Gasteiger partial charge in [0, 0.05) is 44.9 Å². The molecule has 0 bridgehead atoms. The summed E-state index contributed by atoms with van der Waals surface area (Å²) in [6, 6.07) is 12.9. The molecule has 0 aliphatic carbocycles. The molecule has 1 saturated heterocycles. The molecule has 3 amide bonds. The van der Waals surface area contributed by atoms with Gasteiger partial charge in [-0.15, -0.1) is 0 Å². The summed E-state index contributed by atoms with van der Waals surface area (Å²) in [4.78, 5) is 37.2. The lowest BCUT2D eigenvalue weighted by Gasteiger charge is -2.18. The number of amides is 3. The van der Waals surface area contributed by atoms with E-state index in [1.165, 1.54) is 38.2 Å². The van der Waals surface area contributed by atoms with E-state index in [0.717, 1.165) is 22.8 Å². The van der Waals surface area contributed by atoms with Gasteiger partial charge in [-0.25, -0.2) is 8.42 Å². The fraction of sp³-hybridized carbons (Fsp3) is 0.318. The number of hydrogen-bond acceptors (Lipinski definition) is 5. The van der Waals surface area contributed by atoms with Crippen LogP contribution in [0, 0.1) is 0 Å². The van der Waals surface area contributed by atoms with Crippen LogP contribution >= 0.6 is 0 Å². The minimum Gasteiger partial charge on any atom is -0.338 e. The third kappa shape index (κ3) is 5.92. The first kappa shape index (κ1) is 23.4. The van der Waals surface area contributed by atoms with E-state index in [2.05, 4.69) is 10.6 Å². The highest BCUT2D eigenvalue weighted by molar-refractivity contribution is 7.89. The number of nitrogens with one attached hydrogen (secondary N) is 2. The van der Waals surface area contributed by atoms with Crippen LogP contribution in [0.3, 0.4) is 0 Å². The summed E-state index contributed by atoms with van der Waals surface area (Å²) in [6.45, 7) is 2.19. The minimum absolute atomic E-state index is 0.0131. The van der Waals surface area contributed by atoms with Crippen molar-refractivity contribution in [3.05, 3.63) is 54.1 Å². The molecule has 1 aliphatic rings. The van der Waals surface area contributed by atoms with E-state index in [4.69, 9.17) is 0 Å². The second-order valence-electron chi connectivity index (χ2n) is 7.63. The van der Waals surface area contributed by atoms with Crippen LogP contribution in [0.15, 0.2) is 53.4 Å². The molecule has 0 radical (unpaired) electrons. The summed E-state index contributed by atoms with van der Waals surface area (Å²) in [6.07, 6.45) is 1.42. The number of hydrogen-bond donors (Lipinski definition) is 2. The number of nitrogens with zero attached hydrogens (tertiary/aromatic N) is 2. The standard InChI is InChI=1S/C22H26N4O5S/c1-16(27)23-18-8-10-20(11-9-18)32(30,31)25(2)15-21(28)24-19-6-3-5-17(13-19)14-26-12-4-7-22(26)29/h3,5-6,8-11,13H,4,7,12,14-15H2,1-2H3,(H,23,27)(H,24,28). The van der Waals surface area contributed by atoms with Crippen LogP contribution in [0.2, 0.25) is 0 Å². The predicted octanol–water partition coefficient (Wildman–Crippen LogP) is 2.03. The van der Waals surface area contributed by atoms with Crippen molar-refractivity contribution in [1.29, 1.82) is 0 Å². The molecule has 2 aromatic carbocycles. The normalized spacial score (nSPS) is 14.0. The maximum Gasteiger partial charge on any atom is 0.243 e. The highest BCUT2D eigenvalue weighted by atomic mass is 32.2. The molecule has 1 heterocycles. The summed E-state index contributed by atoms with van der Waals surface area (Å²) >= 11 is 0. The number of anilines is 2. The molecule has 1 fully saturated rings. The van der Waals surface area contributed by atoms with Gasteiger partial charge in [0.25, 0.3) is 0 Å². The van der Waals surface area contributed by atoms with Crippen LogP contribution in [-0.4, -0.2) is 55.5 Å². The topological polar surface area (TPSA) is 116 Å². The summed E-state index contributed by atoms with van der Waals surface area (Å²) in [5.74, 6) is -0.623. The molecule has 0 spiro atoms. The molecule has 0 atom stereocenters. The lowest BCUT2D eigenvalue weighted by atomic mass is 10.2. The number of sulfonamides is 1. The fourth-order valence-corrected chi connectivity index (χ4v) is 4.55. The van der Waals surface area contributed by atoms with E-state index in [9.17, 15) is 22.8 Å². The Morgan fingerprint density at radius 1 is 1.06 bits per heavy atom. The Morgan fingerprint density at radius 3 is 2.41 bits per heavy atom. The molecule has 3 rings (SSSR count). The van der Waals surface area contributed by atoms with E-state index in [1.807, 2.05) is 6.07 Å². The van der Waals surface area contributed by atoms with Crippen molar-refractivity contribution in [3.8, 4) is 0 Å². The zero-order valence-electron chi connectivity index (χ0n) is 18.0. The van der Waals surface area contributed by atoms with Gasteiger partial charge in [0.2, 0.25) is 27.7 Å². The molecule has 170 valence electrons. The molecule has 0 unspecified atom stereocenters. The second-order valence-corrected chi connectivity index (χ2v) is 9.68. The number of carbonyl (C=O) groups is 3. The van der Waals surface area contributed by atoms with Crippen LogP contribution in [-0.2, 0) is 31.0 Å². The van der Waals surface area contributed by atoms with Crippen molar-refractivity contribution >= 4 is 39.1 Å². The van der Waals surface area contributed by atoms with E-state index in [-0.39, 0.29) is 23.3 Å². The van der Waals surface area contributed by atoms with E-state index in [1.54, 1.807) is 23.1 Å². The van der Waals surface area contributed by atoms with Gasteiger partial charge in [-0.1, -0.05) is 12.1 Å². The molecule has 0 aromatic heterocycles.